The Labute approximate surface area is 304 Å². The third-order valence-corrected chi connectivity index (χ3v) is 21.8. The molecule has 0 spiro atoms. The SMILES string of the molecule is Cc1ccccc1P(Cc1cc(-c2ccccc2)ccc1CP(C12CC3CC(CC(C3)C1)C2)C12CC3CC(CC(C3)C1)C2)c1ccccc1C. The molecule has 0 nitrogen and oxygen atoms in total. The van der Waals surface area contributed by atoms with E-state index in [-0.39, 0.29) is 7.92 Å². The van der Waals surface area contributed by atoms with Crippen molar-refractivity contribution in [1.29, 1.82) is 0 Å². The molecule has 0 atom stereocenters. The first kappa shape index (κ1) is 32.4. The quantitative estimate of drug-likeness (QED) is 0.153. The molecule has 0 heterocycles. The molecule has 8 fully saturated rings. The summed E-state index contributed by atoms with van der Waals surface area (Å²) in [4.78, 5) is 0. The molecule has 0 radical (unpaired) electrons. The van der Waals surface area contributed by atoms with Crippen molar-refractivity contribution >= 4 is 26.5 Å². The van der Waals surface area contributed by atoms with Crippen LogP contribution in [0.5, 0.6) is 0 Å². The van der Waals surface area contributed by atoms with E-state index in [0.717, 1.165) is 41.7 Å². The zero-order valence-corrected chi connectivity index (χ0v) is 32.3. The summed E-state index contributed by atoms with van der Waals surface area (Å²) in [5.41, 5.74) is 9.06. The number of hydrogen-bond donors (Lipinski definition) is 0. The Balaban J connectivity index is 1.11. The van der Waals surface area contributed by atoms with Gasteiger partial charge in [-0.25, -0.2) is 0 Å². The third-order valence-electron chi connectivity index (χ3n) is 14.9. The molecule has 0 saturated heterocycles. The van der Waals surface area contributed by atoms with Gasteiger partial charge in [-0.15, -0.1) is 0 Å². The molecule has 2 heteroatoms. The van der Waals surface area contributed by atoms with E-state index >= 15 is 0 Å². The summed E-state index contributed by atoms with van der Waals surface area (Å²) in [6, 6.07) is 37.7. The topological polar surface area (TPSA) is 0 Å². The molecule has 8 saturated carbocycles. The predicted molar refractivity (Wildman–Crippen MR) is 217 cm³/mol. The monoisotopic (exact) mass is 694 g/mol. The molecular formula is C48H56P2. The molecule has 4 aromatic carbocycles. The fourth-order valence-electron chi connectivity index (χ4n) is 13.7. The molecule has 4 aromatic rings. The number of benzene rings is 4. The number of rotatable bonds is 9. The van der Waals surface area contributed by atoms with Gasteiger partial charge in [-0.2, -0.15) is 0 Å². The van der Waals surface area contributed by atoms with Crippen LogP contribution in [0.15, 0.2) is 97.1 Å². The standard InChI is InChI=1S/C48H56P2/c1-33-10-6-8-14-45(33)49(46-15-9-7-11-34(46)2)31-44-24-42(41-12-4-3-5-13-41)16-17-43(44)32-50(47-25-35-18-36(26-47)20-37(19-35)27-47)48-28-38-21-39(29-48)23-40(22-38)30-48/h3-17,24,35-40H,18-23,25-32H2,1-2H3. The van der Waals surface area contributed by atoms with Gasteiger partial charge in [-0.3, -0.25) is 0 Å². The average molecular weight is 695 g/mol. The largest absolute Gasteiger partial charge is 0.0894 e. The Hall–Kier alpha value is -2.26. The highest BCUT2D eigenvalue weighted by Crippen LogP contribution is 2.79. The fourth-order valence-corrected chi connectivity index (χ4v) is 21.7. The molecular weight excluding hydrogens is 638 g/mol. The van der Waals surface area contributed by atoms with E-state index in [1.165, 1.54) is 28.4 Å². The average Bonchev–Trinajstić information content (AvgIpc) is 3.10. The maximum absolute atomic E-state index is 2.67. The molecule has 0 amide bonds. The molecule has 0 unspecified atom stereocenters. The van der Waals surface area contributed by atoms with Crippen LogP contribution in [0.25, 0.3) is 11.1 Å². The minimum absolute atomic E-state index is 0.104. The summed E-state index contributed by atoms with van der Waals surface area (Å²) in [6.45, 7) is 4.70. The molecule has 12 rings (SSSR count). The smallest absolute Gasteiger partial charge is 0.00107 e. The summed E-state index contributed by atoms with van der Waals surface area (Å²) < 4.78 is 0. The minimum Gasteiger partial charge on any atom is -0.0894 e. The molecule has 0 aliphatic heterocycles. The molecule has 50 heavy (non-hydrogen) atoms. The van der Waals surface area contributed by atoms with E-state index in [2.05, 4.69) is 111 Å². The fraction of sp³-hybridized carbons (Fsp3) is 0.500. The zero-order valence-electron chi connectivity index (χ0n) is 30.5. The van der Waals surface area contributed by atoms with Gasteiger partial charge in [-0.05, 0) is 195 Å². The van der Waals surface area contributed by atoms with Crippen LogP contribution in [0.3, 0.4) is 0 Å². The molecule has 0 N–H and O–H groups in total. The van der Waals surface area contributed by atoms with Crippen LogP contribution in [-0.4, -0.2) is 10.3 Å². The van der Waals surface area contributed by atoms with Gasteiger partial charge in [0, 0.05) is 6.16 Å². The van der Waals surface area contributed by atoms with Crippen molar-refractivity contribution in [3.63, 3.8) is 0 Å². The Morgan fingerprint density at radius 1 is 0.460 bits per heavy atom. The van der Waals surface area contributed by atoms with Crippen LogP contribution in [0.4, 0.5) is 0 Å². The van der Waals surface area contributed by atoms with Crippen LogP contribution >= 0.6 is 15.8 Å². The van der Waals surface area contributed by atoms with Crippen LogP contribution in [0.1, 0.15) is 99.3 Å². The molecule has 8 aliphatic carbocycles. The maximum atomic E-state index is 2.67. The van der Waals surface area contributed by atoms with Crippen molar-refractivity contribution in [3.8, 4) is 11.1 Å². The lowest BCUT2D eigenvalue weighted by molar-refractivity contribution is 0.0184. The van der Waals surface area contributed by atoms with Gasteiger partial charge in [-0.1, -0.05) is 105 Å². The molecule has 0 aromatic heterocycles. The summed E-state index contributed by atoms with van der Waals surface area (Å²) in [6.07, 6.45) is 21.5. The third kappa shape index (κ3) is 5.70. The van der Waals surface area contributed by atoms with Gasteiger partial charge >= 0.3 is 0 Å². The lowest BCUT2D eigenvalue weighted by Crippen LogP contribution is -2.56. The van der Waals surface area contributed by atoms with E-state index in [1.807, 2.05) is 0 Å². The van der Waals surface area contributed by atoms with Crippen LogP contribution in [-0.2, 0) is 12.3 Å². The van der Waals surface area contributed by atoms with Crippen LogP contribution in [0.2, 0.25) is 0 Å². The van der Waals surface area contributed by atoms with Crippen molar-refractivity contribution < 1.29 is 0 Å². The number of hydrogen-bond acceptors (Lipinski definition) is 0. The van der Waals surface area contributed by atoms with Crippen molar-refractivity contribution in [2.45, 2.75) is 114 Å². The van der Waals surface area contributed by atoms with Crippen molar-refractivity contribution in [2.75, 3.05) is 0 Å². The van der Waals surface area contributed by atoms with Gasteiger partial charge in [0.1, 0.15) is 0 Å². The second-order valence-electron chi connectivity index (χ2n) is 18.4. The Morgan fingerprint density at radius 3 is 1.36 bits per heavy atom. The van der Waals surface area contributed by atoms with Crippen molar-refractivity contribution in [1.82, 2.24) is 0 Å². The van der Waals surface area contributed by atoms with Gasteiger partial charge in [0.2, 0.25) is 0 Å². The number of aryl methyl sites for hydroxylation is 2. The van der Waals surface area contributed by atoms with E-state index in [9.17, 15) is 0 Å². The summed E-state index contributed by atoms with van der Waals surface area (Å²) >= 11 is 0. The lowest BCUT2D eigenvalue weighted by Gasteiger charge is -2.67. The van der Waals surface area contributed by atoms with Crippen LogP contribution in [0, 0.1) is 49.4 Å². The van der Waals surface area contributed by atoms with E-state index in [4.69, 9.17) is 0 Å². The molecule has 8 bridgehead atoms. The maximum Gasteiger partial charge on any atom is 0.00107 e. The Kier molecular flexibility index (Phi) is 8.23. The highest BCUT2D eigenvalue weighted by Gasteiger charge is 2.62. The minimum atomic E-state index is -0.538. The predicted octanol–water partition coefficient (Wildman–Crippen LogP) is 12.5. The van der Waals surface area contributed by atoms with Crippen molar-refractivity contribution in [2.24, 2.45) is 35.5 Å². The van der Waals surface area contributed by atoms with E-state index in [0.29, 0.717) is 10.3 Å². The normalized spacial score (nSPS) is 34.1. The summed E-state index contributed by atoms with van der Waals surface area (Å²) in [7, 11) is -0.642. The molecule has 258 valence electrons. The first-order chi connectivity index (χ1) is 24.4. The Morgan fingerprint density at radius 2 is 0.900 bits per heavy atom. The first-order valence-electron chi connectivity index (χ1n) is 20.3. The summed E-state index contributed by atoms with van der Waals surface area (Å²) in [5.74, 6) is 6.22. The highest BCUT2D eigenvalue weighted by molar-refractivity contribution is 7.72. The van der Waals surface area contributed by atoms with Gasteiger partial charge in [0.05, 0.1) is 0 Å². The summed E-state index contributed by atoms with van der Waals surface area (Å²) in [5, 5.41) is 4.44. The van der Waals surface area contributed by atoms with Crippen LogP contribution < -0.4 is 10.6 Å². The second-order valence-corrected chi connectivity index (χ2v) is 23.6. The van der Waals surface area contributed by atoms with E-state index < -0.39 is 7.92 Å². The Bertz CT molecular complexity index is 1710. The first-order valence-corrected chi connectivity index (χ1v) is 23.3. The van der Waals surface area contributed by atoms with Crippen molar-refractivity contribution in [3.05, 3.63) is 119 Å². The van der Waals surface area contributed by atoms with Gasteiger partial charge in [0.15, 0.2) is 0 Å². The zero-order chi connectivity index (χ0) is 33.5. The molecule has 8 aliphatic rings. The lowest BCUT2D eigenvalue weighted by atomic mass is 9.55. The van der Waals surface area contributed by atoms with Gasteiger partial charge in [0.25, 0.3) is 0 Å². The van der Waals surface area contributed by atoms with Gasteiger partial charge < -0.3 is 0 Å². The second kappa shape index (κ2) is 12.7. The highest BCUT2D eigenvalue weighted by atomic mass is 31.1. The van der Waals surface area contributed by atoms with E-state index in [1.54, 1.807) is 98.8 Å².